The van der Waals surface area contributed by atoms with Crippen molar-refractivity contribution in [1.82, 2.24) is 16.2 Å². The van der Waals surface area contributed by atoms with Gasteiger partial charge in [0.25, 0.3) is 11.8 Å². The van der Waals surface area contributed by atoms with Gasteiger partial charge in [-0.2, -0.15) is 0 Å². The van der Waals surface area contributed by atoms with Gasteiger partial charge in [0.2, 0.25) is 5.75 Å². The highest BCUT2D eigenvalue weighted by Gasteiger charge is 2.17. The monoisotopic (exact) mass is 431 g/mol. The number of nitrogens with one attached hydrogen (secondary N) is 3. The van der Waals surface area contributed by atoms with Gasteiger partial charge < -0.3 is 14.2 Å². The molecule has 0 heterocycles. The van der Waals surface area contributed by atoms with E-state index in [1.165, 1.54) is 33.5 Å². The number of methoxy groups -OCH3 is 3. The smallest absolute Gasteiger partial charge is 0.269 e. The lowest BCUT2D eigenvalue weighted by atomic mass is 10.0. The van der Waals surface area contributed by atoms with Crippen molar-refractivity contribution < 1.29 is 23.8 Å². The molecular weight excluding hydrogens is 406 g/mol. The predicted octanol–water partition coefficient (Wildman–Crippen LogP) is 2.79. The summed E-state index contributed by atoms with van der Waals surface area (Å²) in [5.74, 6) is 0.522. The number of ether oxygens (including phenoxy) is 3. The maximum atomic E-state index is 12.4. The zero-order valence-corrected chi connectivity index (χ0v) is 18.3. The minimum Gasteiger partial charge on any atom is -0.493 e. The Morgan fingerprint density at radius 3 is 1.87 bits per heavy atom. The Morgan fingerprint density at radius 2 is 1.40 bits per heavy atom. The van der Waals surface area contributed by atoms with Gasteiger partial charge in [-0.05, 0) is 48.0 Å². The summed E-state index contributed by atoms with van der Waals surface area (Å²) in [7, 11) is 4.38. The van der Waals surface area contributed by atoms with Crippen LogP contribution in [-0.2, 0) is 0 Å². The first-order valence-corrected chi connectivity index (χ1v) is 9.53. The van der Waals surface area contributed by atoms with Crippen molar-refractivity contribution in [3.63, 3.8) is 0 Å². The molecule has 8 nitrogen and oxygen atoms in total. The first-order chi connectivity index (χ1) is 14.3. The highest BCUT2D eigenvalue weighted by molar-refractivity contribution is 7.80. The number of rotatable bonds is 6. The van der Waals surface area contributed by atoms with E-state index in [1.54, 1.807) is 12.1 Å². The number of hydrazine groups is 1. The summed E-state index contributed by atoms with van der Waals surface area (Å²) in [6.45, 7) is 4.15. The van der Waals surface area contributed by atoms with Crippen LogP contribution in [0.2, 0.25) is 0 Å². The summed E-state index contributed by atoms with van der Waals surface area (Å²) in [6.07, 6.45) is 0. The van der Waals surface area contributed by atoms with Crippen LogP contribution in [0, 0.1) is 0 Å². The molecule has 0 atom stereocenters. The highest BCUT2D eigenvalue weighted by Crippen LogP contribution is 2.38. The fraction of sp³-hybridized carbons (Fsp3) is 0.286. The summed E-state index contributed by atoms with van der Waals surface area (Å²) in [5, 5.41) is 2.46. The van der Waals surface area contributed by atoms with Crippen molar-refractivity contribution in [3.05, 3.63) is 53.1 Å². The second kappa shape index (κ2) is 10.4. The van der Waals surface area contributed by atoms with E-state index in [2.05, 4.69) is 30.0 Å². The Bertz CT molecular complexity index is 904. The summed E-state index contributed by atoms with van der Waals surface area (Å²) in [4.78, 5) is 24.7. The normalized spacial score (nSPS) is 10.2. The van der Waals surface area contributed by atoms with E-state index in [4.69, 9.17) is 26.4 Å². The molecule has 2 aromatic rings. The van der Waals surface area contributed by atoms with Crippen LogP contribution in [0.3, 0.4) is 0 Å². The summed E-state index contributed by atoms with van der Waals surface area (Å²) >= 11 is 5.08. The number of hydrogen-bond donors (Lipinski definition) is 3. The van der Waals surface area contributed by atoms with Crippen LogP contribution < -0.4 is 30.4 Å². The molecule has 2 amide bonds. The second-order valence-corrected chi connectivity index (χ2v) is 6.96. The fourth-order valence-corrected chi connectivity index (χ4v) is 2.77. The zero-order valence-electron chi connectivity index (χ0n) is 17.5. The molecule has 0 saturated heterocycles. The quantitative estimate of drug-likeness (QED) is 0.478. The molecule has 0 aliphatic rings. The molecule has 0 bridgehead atoms. The van der Waals surface area contributed by atoms with Gasteiger partial charge in [0.05, 0.1) is 21.3 Å². The van der Waals surface area contributed by atoms with Gasteiger partial charge in [-0.15, -0.1) is 0 Å². The van der Waals surface area contributed by atoms with Crippen molar-refractivity contribution >= 4 is 29.1 Å². The summed E-state index contributed by atoms with van der Waals surface area (Å²) < 4.78 is 15.7. The van der Waals surface area contributed by atoms with E-state index in [9.17, 15) is 9.59 Å². The summed E-state index contributed by atoms with van der Waals surface area (Å²) in [6, 6.07) is 10.2. The van der Waals surface area contributed by atoms with E-state index in [-0.39, 0.29) is 16.6 Å². The predicted molar refractivity (Wildman–Crippen MR) is 117 cm³/mol. The fourth-order valence-electron chi connectivity index (χ4n) is 2.62. The molecule has 2 rings (SSSR count). The maximum Gasteiger partial charge on any atom is 0.269 e. The Kier molecular flexibility index (Phi) is 7.99. The number of thiocarbonyl (C=S) groups is 1. The van der Waals surface area contributed by atoms with Gasteiger partial charge >= 0.3 is 0 Å². The van der Waals surface area contributed by atoms with Crippen molar-refractivity contribution in [2.45, 2.75) is 19.8 Å². The van der Waals surface area contributed by atoms with E-state index in [0.717, 1.165) is 5.56 Å². The number of hydrogen-bond acceptors (Lipinski definition) is 6. The average Bonchev–Trinajstić information content (AvgIpc) is 2.76. The van der Waals surface area contributed by atoms with Crippen LogP contribution in [0.4, 0.5) is 0 Å². The van der Waals surface area contributed by atoms with Crippen LogP contribution in [0.15, 0.2) is 36.4 Å². The van der Waals surface area contributed by atoms with Crippen LogP contribution in [0.5, 0.6) is 17.2 Å². The van der Waals surface area contributed by atoms with E-state index >= 15 is 0 Å². The van der Waals surface area contributed by atoms with Crippen LogP contribution in [0.1, 0.15) is 46.0 Å². The Balaban J connectivity index is 1.99. The Labute approximate surface area is 180 Å². The molecule has 30 heavy (non-hydrogen) atoms. The highest BCUT2D eigenvalue weighted by atomic mass is 32.1. The molecule has 0 aliphatic carbocycles. The average molecular weight is 432 g/mol. The standard InChI is InChI=1S/C21H25N3O5S/c1-12(2)13-6-8-14(9-7-13)19(25)22-21(30)24-23-20(26)15-10-16(27-3)18(29-5)17(11-15)28-4/h6-12H,1-5H3,(H,23,26)(H2,22,24,25,30). The molecule has 0 fully saturated rings. The third-order valence-electron chi connectivity index (χ3n) is 4.28. The second-order valence-electron chi connectivity index (χ2n) is 6.55. The van der Waals surface area contributed by atoms with E-state index in [0.29, 0.717) is 28.7 Å². The van der Waals surface area contributed by atoms with Crippen molar-refractivity contribution in [3.8, 4) is 17.2 Å². The van der Waals surface area contributed by atoms with Crippen LogP contribution in [-0.4, -0.2) is 38.3 Å². The molecular formula is C21H25N3O5S. The third-order valence-corrected chi connectivity index (χ3v) is 4.49. The van der Waals surface area contributed by atoms with E-state index < -0.39 is 5.91 Å². The van der Waals surface area contributed by atoms with Crippen molar-refractivity contribution in [1.29, 1.82) is 0 Å². The maximum absolute atomic E-state index is 12.4. The molecule has 0 spiro atoms. The third kappa shape index (κ3) is 5.60. The number of benzene rings is 2. The first kappa shape index (κ1) is 23.0. The molecule has 3 N–H and O–H groups in total. The first-order valence-electron chi connectivity index (χ1n) is 9.12. The molecule has 0 aromatic heterocycles. The van der Waals surface area contributed by atoms with Crippen LogP contribution in [0.25, 0.3) is 0 Å². The van der Waals surface area contributed by atoms with Crippen LogP contribution >= 0.6 is 12.2 Å². The minimum atomic E-state index is -0.507. The molecule has 2 aromatic carbocycles. The Morgan fingerprint density at radius 1 is 0.833 bits per heavy atom. The number of amides is 2. The lowest BCUT2D eigenvalue weighted by Crippen LogP contribution is -2.48. The zero-order chi connectivity index (χ0) is 22.3. The van der Waals surface area contributed by atoms with E-state index in [1.807, 2.05) is 12.1 Å². The lowest BCUT2D eigenvalue weighted by molar-refractivity contribution is 0.0934. The largest absolute Gasteiger partial charge is 0.493 e. The van der Waals surface area contributed by atoms with Gasteiger partial charge in [0.1, 0.15) is 0 Å². The van der Waals surface area contributed by atoms with Gasteiger partial charge in [0.15, 0.2) is 16.6 Å². The Hall–Kier alpha value is -3.33. The molecule has 0 saturated carbocycles. The van der Waals surface area contributed by atoms with Crippen molar-refractivity contribution in [2.24, 2.45) is 0 Å². The molecule has 0 radical (unpaired) electrons. The lowest BCUT2D eigenvalue weighted by Gasteiger charge is -2.15. The molecule has 0 unspecified atom stereocenters. The van der Waals surface area contributed by atoms with Crippen molar-refractivity contribution in [2.75, 3.05) is 21.3 Å². The minimum absolute atomic E-state index is 0.0475. The van der Waals surface area contributed by atoms with Gasteiger partial charge in [-0.1, -0.05) is 26.0 Å². The van der Waals surface area contributed by atoms with Gasteiger partial charge in [0, 0.05) is 11.1 Å². The molecule has 160 valence electrons. The van der Waals surface area contributed by atoms with Gasteiger partial charge in [-0.25, -0.2) is 0 Å². The van der Waals surface area contributed by atoms with Gasteiger partial charge in [-0.3, -0.25) is 25.8 Å². The molecule has 9 heteroatoms. The number of carbonyl (C=O) groups excluding carboxylic acids is 2. The number of carbonyl (C=O) groups is 2. The molecule has 0 aliphatic heterocycles. The summed E-state index contributed by atoms with van der Waals surface area (Å²) in [5.41, 5.74) is 6.76. The SMILES string of the molecule is COc1cc(C(=O)NNC(=S)NC(=O)c2ccc(C(C)C)cc2)cc(OC)c1OC. The topological polar surface area (TPSA) is 97.9 Å².